The second kappa shape index (κ2) is 7.90. The van der Waals surface area contributed by atoms with Crippen molar-refractivity contribution in [1.82, 2.24) is 4.31 Å². The smallest absolute Gasteiger partial charge is 0.320 e. The van der Waals surface area contributed by atoms with E-state index < -0.39 is 39.8 Å². The molecule has 0 unspecified atom stereocenters. The summed E-state index contributed by atoms with van der Waals surface area (Å²) in [7, 11) is -1.32. The van der Waals surface area contributed by atoms with Crippen LogP contribution in [0.1, 0.15) is 18.9 Å². The van der Waals surface area contributed by atoms with Crippen molar-refractivity contribution in [2.45, 2.75) is 31.2 Å². The maximum Gasteiger partial charge on any atom is 0.320 e. The van der Waals surface area contributed by atoms with E-state index in [1.165, 1.54) is 24.7 Å². The molecule has 1 aromatic carbocycles. The molecule has 8 heteroatoms. The van der Waals surface area contributed by atoms with Crippen LogP contribution in [0.15, 0.2) is 41.4 Å². The molecule has 2 atom stereocenters. The highest BCUT2D eigenvalue weighted by atomic mass is 32.2. The molecule has 0 bridgehead atoms. The summed E-state index contributed by atoms with van der Waals surface area (Å²) >= 11 is 0. The molecule has 0 radical (unpaired) electrons. The Morgan fingerprint density at radius 3 is 2.12 bits per heavy atom. The molecule has 0 fully saturated rings. The van der Waals surface area contributed by atoms with Gasteiger partial charge in [-0.3, -0.25) is 13.9 Å². The monoisotopic (exact) mass is 381 g/mol. The third-order valence-corrected chi connectivity index (χ3v) is 6.37. The Hall–Kier alpha value is -2.35. The quantitative estimate of drug-likeness (QED) is 0.571. The molecule has 0 amide bonds. The zero-order chi connectivity index (χ0) is 19.5. The molecule has 0 aromatic heterocycles. The molecular formula is C18H23NO6S. The van der Waals surface area contributed by atoms with E-state index in [4.69, 9.17) is 9.47 Å². The van der Waals surface area contributed by atoms with Gasteiger partial charge in [-0.1, -0.05) is 23.8 Å². The SMILES string of the molecule is COC(=O)C(C(=O)OC)[C@H]1C=CN(S(=O)(=O)c2ccc(C)cc2)[C@@H](C)C1. The summed E-state index contributed by atoms with van der Waals surface area (Å²) in [6.45, 7) is 3.61. The van der Waals surface area contributed by atoms with Crippen LogP contribution >= 0.6 is 0 Å². The number of sulfonamides is 1. The van der Waals surface area contributed by atoms with Crippen molar-refractivity contribution in [2.24, 2.45) is 11.8 Å². The molecule has 26 heavy (non-hydrogen) atoms. The summed E-state index contributed by atoms with van der Waals surface area (Å²) in [5.41, 5.74) is 0.963. The van der Waals surface area contributed by atoms with Crippen LogP contribution in [0.2, 0.25) is 0 Å². The number of carbonyl (C=O) groups is 2. The summed E-state index contributed by atoms with van der Waals surface area (Å²) in [6, 6.07) is 6.15. The zero-order valence-corrected chi connectivity index (χ0v) is 16.0. The van der Waals surface area contributed by atoms with Gasteiger partial charge in [0.15, 0.2) is 5.92 Å². The van der Waals surface area contributed by atoms with E-state index in [2.05, 4.69) is 0 Å². The van der Waals surface area contributed by atoms with Gasteiger partial charge >= 0.3 is 11.9 Å². The minimum atomic E-state index is -3.71. The number of aryl methyl sites for hydroxylation is 1. The van der Waals surface area contributed by atoms with Crippen LogP contribution in [0, 0.1) is 18.8 Å². The van der Waals surface area contributed by atoms with E-state index >= 15 is 0 Å². The van der Waals surface area contributed by atoms with Gasteiger partial charge in [0.1, 0.15) is 0 Å². The first kappa shape index (κ1) is 20.0. The lowest BCUT2D eigenvalue weighted by molar-refractivity contribution is -0.161. The summed E-state index contributed by atoms with van der Waals surface area (Å²) < 4.78 is 36.3. The van der Waals surface area contributed by atoms with Crippen LogP contribution in [0.25, 0.3) is 0 Å². The Kier molecular flexibility index (Phi) is 6.07. The number of nitrogens with zero attached hydrogens (tertiary/aromatic N) is 1. The molecule has 2 rings (SSSR count). The predicted molar refractivity (Wildman–Crippen MR) is 94.4 cm³/mol. The lowest BCUT2D eigenvalue weighted by Crippen LogP contribution is -2.42. The Bertz CT molecular complexity index is 783. The topological polar surface area (TPSA) is 90.0 Å². The minimum absolute atomic E-state index is 0.190. The Labute approximate surface area is 153 Å². The van der Waals surface area contributed by atoms with Crippen LogP contribution in [-0.2, 0) is 29.1 Å². The van der Waals surface area contributed by atoms with Gasteiger partial charge in [-0.2, -0.15) is 0 Å². The maximum absolute atomic E-state index is 12.9. The Morgan fingerprint density at radius 2 is 1.65 bits per heavy atom. The number of rotatable bonds is 5. The average Bonchev–Trinajstić information content (AvgIpc) is 2.61. The fourth-order valence-corrected chi connectivity index (χ4v) is 4.53. The van der Waals surface area contributed by atoms with Crippen molar-refractivity contribution in [2.75, 3.05) is 14.2 Å². The first-order valence-corrected chi connectivity index (χ1v) is 9.60. The van der Waals surface area contributed by atoms with E-state index in [0.29, 0.717) is 0 Å². The van der Waals surface area contributed by atoms with Crippen LogP contribution in [0.4, 0.5) is 0 Å². The number of ether oxygens (including phenoxy) is 2. The van der Waals surface area contributed by atoms with Crippen LogP contribution < -0.4 is 0 Å². The fraction of sp³-hybridized carbons (Fsp3) is 0.444. The molecule has 1 aromatic rings. The van der Waals surface area contributed by atoms with Gasteiger partial charge in [-0.25, -0.2) is 8.42 Å². The van der Waals surface area contributed by atoms with Gasteiger partial charge in [-0.15, -0.1) is 0 Å². The maximum atomic E-state index is 12.9. The van der Waals surface area contributed by atoms with Gasteiger partial charge < -0.3 is 9.47 Å². The van der Waals surface area contributed by atoms with Crippen LogP contribution in [0.3, 0.4) is 0 Å². The molecule has 0 spiro atoms. The lowest BCUT2D eigenvalue weighted by Gasteiger charge is -2.35. The number of allylic oxidation sites excluding steroid dienone is 1. The summed E-state index contributed by atoms with van der Waals surface area (Å²) in [5, 5.41) is 0. The summed E-state index contributed by atoms with van der Waals surface area (Å²) in [5.74, 6) is -3.02. The molecule has 7 nitrogen and oxygen atoms in total. The molecule has 0 saturated heterocycles. The lowest BCUT2D eigenvalue weighted by atomic mass is 9.85. The van der Waals surface area contributed by atoms with Crippen molar-refractivity contribution >= 4 is 22.0 Å². The van der Waals surface area contributed by atoms with E-state index in [-0.39, 0.29) is 11.3 Å². The van der Waals surface area contributed by atoms with E-state index in [1.807, 2.05) is 6.92 Å². The number of hydrogen-bond donors (Lipinski definition) is 0. The molecule has 0 aliphatic carbocycles. The molecule has 142 valence electrons. The number of methoxy groups -OCH3 is 2. The number of hydrogen-bond acceptors (Lipinski definition) is 6. The van der Waals surface area contributed by atoms with Gasteiger partial charge in [0, 0.05) is 18.2 Å². The van der Waals surface area contributed by atoms with Crippen LogP contribution in [0.5, 0.6) is 0 Å². The summed E-state index contributed by atoms with van der Waals surface area (Å²) in [4.78, 5) is 24.1. The largest absolute Gasteiger partial charge is 0.468 e. The Balaban J connectivity index is 2.31. The average molecular weight is 381 g/mol. The zero-order valence-electron chi connectivity index (χ0n) is 15.2. The van der Waals surface area contributed by atoms with Crippen molar-refractivity contribution in [3.8, 4) is 0 Å². The Morgan fingerprint density at radius 1 is 1.12 bits per heavy atom. The highest BCUT2D eigenvalue weighted by molar-refractivity contribution is 7.89. The van der Waals surface area contributed by atoms with Crippen LogP contribution in [-0.4, -0.2) is 44.9 Å². The van der Waals surface area contributed by atoms with Crippen molar-refractivity contribution in [1.29, 1.82) is 0 Å². The number of carbonyl (C=O) groups excluding carboxylic acids is 2. The molecule has 1 aliphatic heterocycles. The second-order valence-electron chi connectivity index (χ2n) is 6.26. The third kappa shape index (κ3) is 3.90. The first-order valence-electron chi connectivity index (χ1n) is 8.16. The molecule has 0 N–H and O–H groups in total. The van der Waals surface area contributed by atoms with E-state index in [9.17, 15) is 18.0 Å². The van der Waals surface area contributed by atoms with Gasteiger partial charge in [0.05, 0.1) is 19.1 Å². The normalized spacial score (nSPS) is 20.1. The second-order valence-corrected chi connectivity index (χ2v) is 8.11. The number of benzene rings is 1. The van der Waals surface area contributed by atoms with Crippen molar-refractivity contribution in [3.05, 3.63) is 42.1 Å². The minimum Gasteiger partial charge on any atom is -0.468 e. The van der Waals surface area contributed by atoms with E-state index in [0.717, 1.165) is 5.56 Å². The van der Waals surface area contributed by atoms with Crippen molar-refractivity contribution in [3.63, 3.8) is 0 Å². The highest BCUT2D eigenvalue weighted by Gasteiger charge is 2.40. The molecular weight excluding hydrogens is 358 g/mol. The molecule has 0 saturated carbocycles. The highest BCUT2D eigenvalue weighted by Crippen LogP contribution is 2.31. The number of esters is 2. The first-order chi connectivity index (χ1) is 12.2. The van der Waals surface area contributed by atoms with Crippen molar-refractivity contribution < 1.29 is 27.5 Å². The van der Waals surface area contributed by atoms with E-state index in [1.54, 1.807) is 37.3 Å². The fourth-order valence-electron chi connectivity index (χ4n) is 3.01. The van der Waals surface area contributed by atoms with Gasteiger partial charge in [0.25, 0.3) is 10.0 Å². The molecule has 1 heterocycles. The third-order valence-electron chi connectivity index (χ3n) is 4.46. The van der Waals surface area contributed by atoms with Gasteiger partial charge in [0.2, 0.25) is 0 Å². The standard InChI is InChI=1S/C18H23NO6S/c1-12-5-7-15(8-6-12)26(22,23)19-10-9-14(11-13(19)2)16(17(20)24-3)18(21)25-4/h5-10,13-14,16H,11H2,1-4H3/t13-,14-/m0/s1. The van der Waals surface area contributed by atoms with Gasteiger partial charge in [-0.05, 0) is 32.4 Å². The predicted octanol–water partition coefficient (Wildman–Crippen LogP) is 1.87. The molecule has 1 aliphatic rings. The summed E-state index contributed by atoms with van der Waals surface area (Å²) in [6.07, 6.45) is 3.24.